The van der Waals surface area contributed by atoms with Gasteiger partial charge in [-0.15, -0.1) is 0 Å². The van der Waals surface area contributed by atoms with Gasteiger partial charge in [0.05, 0.1) is 19.3 Å². The molecule has 1 aromatic heterocycles. The van der Waals surface area contributed by atoms with Crippen molar-refractivity contribution in [2.75, 3.05) is 20.3 Å². The van der Waals surface area contributed by atoms with Crippen LogP contribution in [0.3, 0.4) is 0 Å². The van der Waals surface area contributed by atoms with Gasteiger partial charge in [-0.3, -0.25) is 4.79 Å². The Morgan fingerprint density at radius 3 is 2.57 bits per heavy atom. The van der Waals surface area contributed by atoms with E-state index in [1.165, 1.54) is 5.56 Å². The van der Waals surface area contributed by atoms with Crippen LogP contribution >= 0.6 is 0 Å². The molecule has 0 radical (unpaired) electrons. The normalized spacial score (nSPS) is 13.4. The summed E-state index contributed by atoms with van der Waals surface area (Å²) in [5, 5.41) is 0. The lowest BCUT2D eigenvalue weighted by molar-refractivity contribution is -0.126. The van der Waals surface area contributed by atoms with E-state index in [9.17, 15) is 9.59 Å². The Balaban J connectivity index is 1.85. The first-order valence-corrected chi connectivity index (χ1v) is 10.4. The number of rotatable bonds is 6. The average Bonchev–Trinajstić information content (AvgIpc) is 2.99. The van der Waals surface area contributed by atoms with Gasteiger partial charge in [-0.05, 0) is 63.5 Å². The molecule has 1 amide bonds. The molecule has 0 bridgehead atoms. The van der Waals surface area contributed by atoms with Crippen molar-refractivity contribution in [2.45, 2.75) is 47.2 Å². The number of benzene rings is 1. The number of aromatic nitrogens is 1. The Bertz CT molecular complexity index is 988. The number of fused-ring (bicyclic) bond motifs is 1. The number of methoxy groups -OCH3 is 1. The quantitative estimate of drug-likeness (QED) is 0.535. The Labute approximate surface area is 178 Å². The number of ether oxygens (including phenoxy) is 2. The summed E-state index contributed by atoms with van der Waals surface area (Å²) in [6, 6.07) is 6.01. The van der Waals surface area contributed by atoms with E-state index in [4.69, 9.17) is 9.47 Å². The number of amides is 1. The lowest BCUT2D eigenvalue weighted by atomic mass is 9.99. The van der Waals surface area contributed by atoms with E-state index in [2.05, 4.69) is 10.6 Å². The van der Waals surface area contributed by atoms with Gasteiger partial charge in [0, 0.05) is 42.7 Å². The molecule has 0 aliphatic carbocycles. The Morgan fingerprint density at radius 1 is 1.13 bits per heavy atom. The summed E-state index contributed by atoms with van der Waals surface area (Å²) in [6.07, 6.45) is 4.14. The van der Waals surface area contributed by atoms with Gasteiger partial charge >= 0.3 is 5.97 Å². The van der Waals surface area contributed by atoms with E-state index < -0.39 is 0 Å². The van der Waals surface area contributed by atoms with Crippen LogP contribution in [0.25, 0.3) is 6.08 Å². The zero-order valence-corrected chi connectivity index (χ0v) is 18.4. The van der Waals surface area contributed by atoms with Crippen LogP contribution in [0.2, 0.25) is 0 Å². The minimum atomic E-state index is -0.351. The molecule has 0 fully saturated rings. The maximum absolute atomic E-state index is 12.9. The van der Waals surface area contributed by atoms with Crippen molar-refractivity contribution in [2.24, 2.45) is 0 Å². The third-order valence-corrected chi connectivity index (χ3v) is 5.76. The summed E-state index contributed by atoms with van der Waals surface area (Å²) >= 11 is 0. The molecule has 2 aromatic rings. The van der Waals surface area contributed by atoms with Crippen LogP contribution in [0.15, 0.2) is 24.3 Å². The first kappa shape index (κ1) is 21.7. The minimum absolute atomic E-state index is 0.0698. The van der Waals surface area contributed by atoms with E-state index in [-0.39, 0.29) is 11.9 Å². The Morgan fingerprint density at radius 2 is 1.90 bits per heavy atom. The summed E-state index contributed by atoms with van der Waals surface area (Å²) in [4.78, 5) is 27.3. The van der Waals surface area contributed by atoms with Crippen molar-refractivity contribution in [1.82, 2.24) is 9.47 Å². The predicted molar refractivity (Wildman–Crippen MR) is 117 cm³/mol. The maximum atomic E-state index is 12.9. The zero-order chi connectivity index (χ0) is 21.8. The summed E-state index contributed by atoms with van der Waals surface area (Å²) in [7, 11) is 1.64. The van der Waals surface area contributed by atoms with Gasteiger partial charge in [-0.25, -0.2) is 4.79 Å². The molecule has 0 atom stereocenters. The molecule has 3 rings (SSSR count). The smallest absolute Gasteiger partial charge is 0.340 e. The first-order valence-electron chi connectivity index (χ1n) is 10.4. The average molecular weight is 411 g/mol. The van der Waals surface area contributed by atoms with Crippen molar-refractivity contribution >= 4 is 18.0 Å². The van der Waals surface area contributed by atoms with Gasteiger partial charge in [0.15, 0.2) is 0 Å². The molecule has 160 valence electrons. The summed E-state index contributed by atoms with van der Waals surface area (Å²) < 4.78 is 12.6. The summed E-state index contributed by atoms with van der Waals surface area (Å²) in [5.41, 5.74) is 5.46. The van der Waals surface area contributed by atoms with Gasteiger partial charge < -0.3 is 18.9 Å². The summed E-state index contributed by atoms with van der Waals surface area (Å²) in [5.74, 6) is 0.376. The molecule has 2 heterocycles. The molecule has 0 saturated heterocycles. The van der Waals surface area contributed by atoms with Crippen molar-refractivity contribution < 1.29 is 19.1 Å². The summed E-state index contributed by atoms with van der Waals surface area (Å²) in [6.45, 7) is 9.98. The van der Waals surface area contributed by atoms with Crippen molar-refractivity contribution in [3.8, 4) is 5.75 Å². The van der Waals surface area contributed by atoms with Crippen LogP contribution in [0.5, 0.6) is 5.75 Å². The standard InChI is InChI=1S/C24H30N2O4/c1-6-26-16(3)21(23(17(26)4)24(28)30-7-2)10-11-22(27)25-13-12-18-8-9-20(29-5)14-19(18)15-25/h8-11,14H,6-7,12-13,15H2,1-5H3/b11-10+. The Hall–Kier alpha value is -3.02. The maximum Gasteiger partial charge on any atom is 0.340 e. The molecule has 0 N–H and O–H groups in total. The fraction of sp³-hybridized carbons (Fsp3) is 0.417. The topological polar surface area (TPSA) is 60.8 Å². The van der Waals surface area contributed by atoms with Crippen LogP contribution < -0.4 is 4.74 Å². The second-order valence-corrected chi connectivity index (χ2v) is 7.40. The molecule has 0 unspecified atom stereocenters. The molecule has 30 heavy (non-hydrogen) atoms. The molecule has 1 aromatic carbocycles. The highest BCUT2D eigenvalue weighted by molar-refractivity contribution is 5.98. The fourth-order valence-electron chi connectivity index (χ4n) is 4.16. The van der Waals surface area contributed by atoms with Crippen LogP contribution in [0.4, 0.5) is 0 Å². The number of hydrogen-bond acceptors (Lipinski definition) is 4. The number of esters is 1. The van der Waals surface area contributed by atoms with Gasteiger partial charge in [0.25, 0.3) is 0 Å². The van der Waals surface area contributed by atoms with Crippen molar-refractivity contribution in [3.63, 3.8) is 0 Å². The van der Waals surface area contributed by atoms with Crippen molar-refractivity contribution in [3.05, 3.63) is 57.9 Å². The predicted octanol–water partition coefficient (Wildman–Crippen LogP) is 3.91. The number of nitrogens with zero attached hydrogens (tertiary/aromatic N) is 2. The molecule has 1 aliphatic rings. The van der Waals surface area contributed by atoms with Crippen LogP contribution in [0.1, 0.15) is 52.3 Å². The molecule has 6 nitrogen and oxygen atoms in total. The monoisotopic (exact) mass is 410 g/mol. The molecular formula is C24H30N2O4. The first-order chi connectivity index (χ1) is 14.4. The van der Waals surface area contributed by atoms with Crippen LogP contribution in [-0.2, 0) is 29.0 Å². The lowest BCUT2D eigenvalue weighted by Gasteiger charge is -2.28. The van der Waals surface area contributed by atoms with E-state index in [1.54, 1.807) is 26.2 Å². The van der Waals surface area contributed by atoms with E-state index in [1.807, 2.05) is 37.8 Å². The molecule has 0 spiro atoms. The lowest BCUT2D eigenvalue weighted by Crippen LogP contribution is -2.34. The third kappa shape index (κ3) is 4.13. The molecular weight excluding hydrogens is 380 g/mol. The number of carbonyl (C=O) groups is 2. The largest absolute Gasteiger partial charge is 0.497 e. The van der Waals surface area contributed by atoms with E-state index in [0.717, 1.165) is 41.2 Å². The molecule has 6 heteroatoms. The van der Waals surface area contributed by atoms with Crippen LogP contribution in [-0.4, -0.2) is 41.6 Å². The highest BCUT2D eigenvalue weighted by Crippen LogP contribution is 2.26. The van der Waals surface area contributed by atoms with Gasteiger partial charge in [-0.1, -0.05) is 6.07 Å². The fourth-order valence-corrected chi connectivity index (χ4v) is 4.16. The minimum Gasteiger partial charge on any atom is -0.497 e. The zero-order valence-electron chi connectivity index (χ0n) is 18.4. The van der Waals surface area contributed by atoms with Crippen molar-refractivity contribution in [1.29, 1.82) is 0 Å². The third-order valence-electron chi connectivity index (χ3n) is 5.76. The van der Waals surface area contributed by atoms with Gasteiger partial charge in [0.2, 0.25) is 5.91 Å². The highest BCUT2D eigenvalue weighted by atomic mass is 16.5. The second kappa shape index (κ2) is 9.20. The van der Waals surface area contributed by atoms with Gasteiger partial charge in [-0.2, -0.15) is 0 Å². The van der Waals surface area contributed by atoms with Crippen LogP contribution in [0, 0.1) is 13.8 Å². The van der Waals surface area contributed by atoms with E-state index in [0.29, 0.717) is 25.3 Å². The highest BCUT2D eigenvalue weighted by Gasteiger charge is 2.23. The van der Waals surface area contributed by atoms with Gasteiger partial charge in [0.1, 0.15) is 5.75 Å². The Kier molecular flexibility index (Phi) is 6.65. The number of carbonyl (C=O) groups excluding carboxylic acids is 2. The molecule has 1 aliphatic heterocycles. The second-order valence-electron chi connectivity index (χ2n) is 7.40. The molecule has 0 saturated carbocycles. The van der Waals surface area contributed by atoms with E-state index >= 15 is 0 Å². The SMILES string of the molecule is CCOC(=O)c1c(/C=C/C(=O)N2CCc3ccc(OC)cc3C2)c(C)n(CC)c1C. The number of hydrogen-bond donors (Lipinski definition) is 0.